The fraction of sp³-hybridized carbons (Fsp3) is 0.364. The van der Waals surface area contributed by atoms with Crippen molar-refractivity contribution in [2.24, 2.45) is 5.16 Å². The van der Waals surface area contributed by atoms with Crippen molar-refractivity contribution in [1.82, 2.24) is 5.32 Å². The van der Waals surface area contributed by atoms with Gasteiger partial charge in [-0.3, -0.25) is 0 Å². The Morgan fingerprint density at radius 3 is 2.29 bits per heavy atom. The Morgan fingerprint density at radius 1 is 1.29 bits per heavy atom. The zero-order valence-electron chi connectivity index (χ0n) is 8.78. The minimum atomic E-state index is -0.337. The van der Waals surface area contributed by atoms with Crippen molar-refractivity contribution in [2.45, 2.75) is 19.4 Å². The van der Waals surface area contributed by atoms with Crippen LogP contribution in [-0.2, 0) is 0 Å². The Morgan fingerprint density at radius 2 is 1.86 bits per heavy atom. The van der Waals surface area contributed by atoms with Crippen LogP contribution >= 0.6 is 0 Å². The number of nitrogens with one attached hydrogen (secondary N) is 1. The van der Waals surface area contributed by atoms with Gasteiger partial charge in [0.1, 0.15) is 5.71 Å². The predicted octanol–water partition coefficient (Wildman–Crippen LogP) is 1.86. The number of oxime groups is 1. The van der Waals surface area contributed by atoms with Crippen molar-refractivity contribution in [1.29, 1.82) is 0 Å². The smallest absolute Gasteiger partial charge is 0.106 e. The minimum Gasteiger partial charge on any atom is -0.411 e. The molecule has 3 heteroatoms. The summed E-state index contributed by atoms with van der Waals surface area (Å²) >= 11 is 0. The van der Waals surface area contributed by atoms with E-state index in [1.165, 1.54) is 0 Å². The summed E-state index contributed by atoms with van der Waals surface area (Å²) in [6, 6.07) is 9.63. The summed E-state index contributed by atoms with van der Waals surface area (Å²) in [5, 5.41) is 15.4. The Labute approximate surface area is 84.4 Å². The van der Waals surface area contributed by atoms with E-state index in [0.29, 0.717) is 5.71 Å². The molecule has 0 saturated heterocycles. The molecule has 0 spiro atoms. The summed E-state index contributed by atoms with van der Waals surface area (Å²) in [7, 11) is 1.84. The average Bonchev–Trinajstić information content (AvgIpc) is 2.20. The van der Waals surface area contributed by atoms with Gasteiger partial charge in [0.15, 0.2) is 0 Å². The highest BCUT2D eigenvalue weighted by Crippen LogP contribution is 2.13. The van der Waals surface area contributed by atoms with Crippen molar-refractivity contribution in [3.05, 3.63) is 35.9 Å². The summed E-state index contributed by atoms with van der Waals surface area (Å²) < 4.78 is 0. The van der Waals surface area contributed by atoms with E-state index in [9.17, 15) is 0 Å². The average molecular weight is 192 g/mol. The number of likely N-dealkylation sites (N-methyl/N-ethyl adjacent to an activating group) is 1. The van der Waals surface area contributed by atoms with Gasteiger partial charge in [-0.25, -0.2) is 0 Å². The third-order valence-corrected chi connectivity index (χ3v) is 2.36. The van der Waals surface area contributed by atoms with E-state index in [1.807, 2.05) is 51.2 Å². The van der Waals surface area contributed by atoms with E-state index in [2.05, 4.69) is 10.5 Å². The largest absolute Gasteiger partial charge is 0.411 e. The molecule has 0 aliphatic carbocycles. The predicted molar refractivity (Wildman–Crippen MR) is 57.9 cm³/mol. The van der Waals surface area contributed by atoms with Crippen molar-refractivity contribution >= 4 is 5.71 Å². The van der Waals surface area contributed by atoms with Crippen LogP contribution in [0.2, 0.25) is 0 Å². The van der Waals surface area contributed by atoms with Gasteiger partial charge in [-0.1, -0.05) is 35.5 Å². The maximum absolute atomic E-state index is 8.99. The van der Waals surface area contributed by atoms with Crippen LogP contribution in [0.5, 0.6) is 0 Å². The third-order valence-electron chi connectivity index (χ3n) is 2.36. The van der Waals surface area contributed by atoms with Gasteiger partial charge in [0.05, 0.1) is 5.54 Å². The van der Waals surface area contributed by atoms with Gasteiger partial charge >= 0.3 is 0 Å². The highest BCUT2D eigenvalue weighted by Gasteiger charge is 2.24. The maximum atomic E-state index is 8.99. The summed E-state index contributed by atoms with van der Waals surface area (Å²) in [5.41, 5.74) is 1.23. The number of hydrogen-bond acceptors (Lipinski definition) is 3. The molecule has 2 N–H and O–H groups in total. The first-order chi connectivity index (χ1) is 6.61. The molecule has 0 unspecified atom stereocenters. The van der Waals surface area contributed by atoms with Crippen LogP contribution in [0.1, 0.15) is 19.4 Å². The number of rotatable bonds is 3. The zero-order valence-corrected chi connectivity index (χ0v) is 8.78. The van der Waals surface area contributed by atoms with Crippen LogP contribution in [0.25, 0.3) is 0 Å². The standard InChI is InChI=1S/C11H16N2O/c1-11(2,12-3)10(13-14)9-7-5-4-6-8-9/h4-8,12,14H,1-3H3/b13-10-. The Hall–Kier alpha value is -1.35. The van der Waals surface area contributed by atoms with Crippen molar-refractivity contribution < 1.29 is 5.21 Å². The minimum absolute atomic E-state index is 0.337. The molecule has 1 aromatic rings. The SMILES string of the molecule is CNC(C)(C)/C(=N\O)c1ccccc1. The first-order valence-corrected chi connectivity index (χ1v) is 4.58. The second-order valence-electron chi connectivity index (χ2n) is 3.69. The van der Waals surface area contributed by atoms with E-state index >= 15 is 0 Å². The lowest BCUT2D eigenvalue weighted by Gasteiger charge is -2.25. The molecule has 0 amide bonds. The second-order valence-corrected chi connectivity index (χ2v) is 3.69. The molecular weight excluding hydrogens is 176 g/mol. The fourth-order valence-electron chi connectivity index (χ4n) is 1.26. The normalized spacial score (nSPS) is 12.9. The highest BCUT2D eigenvalue weighted by molar-refractivity contribution is 6.06. The lowest BCUT2D eigenvalue weighted by atomic mass is 9.92. The van der Waals surface area contributed by atoms with Crippen LogP contribution in [-0.4, -0.2) is 23.5 Å². The monoisotopic (exact) mass is 192 g/mol. The van der Waals surface area contributed by atoms with Crippen molar-refractivity contribution in [2.75, 3.05) is 7.05 Å². The molecule has 0 bridgehead atoms. The Balaban J connectivity index is 3.07. The van der Waals surface area contributed by atoms with Crippen LogP contribution in [0.4, 0.5) is 0 Å². The molecule has 0 saturated carbocycles. The van der Waals surface area contributed by atoms with Gasteiger partial charge < -0.3 is 10.5 Å². The van der Waals surface area contributed by atoms with E-state index in [0.717, 1.165) is 5.56 Å². The number of benzene rings is 1. The third kappa shape index (κ3) is 2.12. The molecule has 0 aliphatic rings. The molecule has 76 valence electrons. The van der Waals surface area contributed by atoms with Gasteiger partial charge in [0.2, 0.25) is 0 Å². The van der Waals surface area contributed by atoms with Gasteiger partial charge in [0, 0.05) is 5.56 Å². The Bertz CT molecular complexity index is 317. The lowest BCUT2D eigenvalue weighted by Crippen LogP contribution is -2.45. The van der Waals surface area contributed by atoms with Crippen LogP contribution in [0.3, 0.4) is 0 Å². The summed E-state index contributed by atoms with van der Waals surface area (Å²) in [6.07, 6.45) is 0. The zero-order chi connectivity index (χ0) is 10.6. The van der Waals surface area contributed by atoms with Gasteiger partial charge in [-0.05, 0) is 20.9 Å². The van der Waals surface area contributed by atoms with E-state index in [-0.39, 0.29) is 5.54 Å². The molecule has 0 aliphatic heterocycles. The van der Waals surface area contributed by atoms with E-state index in [4.69, 9.17) is 5.21 Å². The summed E-state index contributed by atoms with van der Waals surface area (Å²) in [5.74, 6) is 0. The number of nitrogens with zero attached hydrogens (tertiary/aromatic N) is 1. The van der Waals surface area contributed by atoms with Gasteiger partial charge in [-0.15, -0.1) is 0 Å². The molecule has 0 fully saturated rings. The number of hydrogen-bond donors (Lipinski definition) is 2. The molecule has 3 nitrogen and oxygen atoms in total. The molecule has 0 aromatic heterocycles. The van der Waals surface area contributed by atoms with Crippen molar-refractivity contribution in [3.63, 3.8) is 0 Å². The van der Waals surface area contributed by atoms with Crippen LogP contribution in [0.15, 0.2) is 35.5 Å². The van der Waals surface area contributed by atoms with Crippen LogP contribution < -0.4 is 5.32 Å². The van der Waals surface area contributed by atoms with E-state index < -0.39 is 0 Å². The fourth-order valence-corrected chi connectivity index (χ4v) is 1.26. The molecule has 0 atom stereocenters. The first kappa shape index (κ1) is 10.7. The summed E-state index contributed by atoms with van der Waals surface area (Å²) in [4.78, 5) is 0. The first-order valence-electron chi connectivity index (χ1n) is 4.58. The Kier molecular flexibility index (Phi) is 3.25. The summed E-state index contributed by atoms with van der Waals surface area (Å²) in [6.45, 7) is 3.93. The molecular formula is C11H16N2O. The van der Waals surface area contributed by atoms with Gasteiger partial charge in [0.25, 0.3) is 0 Å². The van der Waals surface area contributed by atoms with Gasteiger partial charge in [-0.2, -0.15) is 0 Å². The quantitative estimate of drug-likeness (QED) is 0.436. The highest BCUT2D eigenvalue weighted by atomic mass is 16.4. The topological polar surface area (TPSA) is 44.6 Å². The molecule has 0 radical (unpaired) electrons. The molecule has 1 aromatic carbocycles. The van der Waals surface area contributed by atoms with Crippen LogP contribution in [0, 0.1) is 0 Å². The molecule has 14 heavy (non-hydrogen) atoms. The second kappa shape index (κ2) is 4.24. The maximum Gasteiger partial charge on any atom is 0.106 e. The van der Waals surface area contributed by atoms with E-state index in [1.54, 1.807) is 0 Å². The van der Waals surface area contributed by atoms with Crippen molar-refractivity contribution in [3.8, 4) is 0 Å². The molecule has 1 rings (SSSR count). The lowest BCUT2D eigenvalue weighted by molar-refractivity contribution is 0.312. The molecule has 0 heterocycles.